The third-order valence-corrected chi connectivity index (χ3v) is 3.39. The molecular weight excluding hydrogens is 266 g/mol. The Bertz CT molecular complexity index is 923. The fourth-order valence-corrected chi connectivity index (χ4v) is 2.46. The van der Waals surface area contributed by atoms with Crippen LogP contribution < -0.4 is 0 Å². The quantitative estimate of drug-likeness (QED) is 0.494. The summed E-state index contributed by atoms with van der Waals surface area (Å²) >= 11 is 6.17. The Hall–Kier alpha value is -2.28. The molecule has 0 aliphatic rings. The lowest BCUT2D eigenvalue weighted by Crippen LogP contribution is -1.99. The van der Waals surface area contributed by atoms with Crippen LogP contribution in [0.1, 0.15) is 6.92 Å². The Labute approximate surface area is 111 Å². The van der Waals surface area contributed by atoms with Crippen molar-refractivity contribution in [3.8, 4) is 0 Å². The zero-order valence-corrected chi connectivity index (χ0v) is 10.7. The second kappa shape index (κ2) is 3.61. The van der Waals surface area contributed by atoms with E-state index in [1.807, 2.05) is 11.6 Å². The molecule has 0 saturated carbocycles. The van der Waals surface area contributed by atoms with Crippen molar-refractivity contribution in [2.45, 2.75) is 13.5 Å². The normalized spacial score (nSPS) is 11.9. The second-order valence-electron chi connectivity index (χ2n) is 4.09. The minimum atomic E-state index is 0.370. The van der Waals surface area contributed by atoms with Gasteiger partial charge in [-0.25, -0.2) is 9.67 Å². The van der Waals surface area contributed by atoms with Crippen LogP contribution in [0.15, 0.2) is 18.7 Å². The second-order valence-corrected chi connectivity index (χ2v) is 4.45. The SMILES string of the molecule is CCn1ncc2c1ncc1c(Cl)nc3ncnn3c12. The first kappa shape index (κ1) is 10.6. The summed E-state index contributed by atoms with van der Waals surface area (Å²) in [6, 6.07) is 0. The highest BCUT2D eigenvalue weighted by Gasteiger charge is 2.14. The van der Waals surface area contributed by atoms with E-state index < -0.39 is 0 Å². The van der Waals surface area contributed by atoms with E-state index in [1.165, 1.54) is 6.33 Å². The van der Waals surface area contributed by atoms with Gasteiger partial charge in [-0.05, 0) is 6.92 Å². The molecule has 94 valence electrons. The van der Waals surface area contributed by atoms with Crippen molar-refractivity contribution in [2.75, 3.05) is 0 Å². The zero-order chi connectivity index (χ0) is 13.0. The first-order valence-corrected chi connectivity index (χ1v) is 6.17. The fraction of sp³-hybridized carbons (Fsp3) is 0.182. The number of halogens is 1. The molecule has 8 heteroatoms. The highest BCUT2D eigenvalue weighted by Crippen LogP contribution is 2.27. The number of fused-ring (bicyclic) bond motifs is 5. The van der Waals surface area contributed by atoms with Gasteiger partial charge in [0.25, 0.3) is 5.78 Å². The van der Waals surface area contributed by atoms with Gasteiger partial charge in [-0.1, -0.05) is 11.6 Å². The molecule has 7 nitrogen and oxygen atoms in total. The fourth-order valence-electron chi connectivity index (χ4n) is 2.24. The van der Waals surface area contributed by atoms with Crippen LogP contribution in [0.4, 0.5) is 0 Å². The van der Waals surface area contributed by atoms with Gasteiger partial charge in [0.15, 0.2) is 5.65 Å². The summed E-state index contributed by atoms with van der Waals surface area (Å²) in [6.45, 7) is 2.77. The van der Waals surface area contributed by atoms with E-state index in [-0.39, 0.29) is 0 Å². The van der Waals surface area contributed by atoms with Gasteiger partial charge in [0.1, 0.15) is 11.5 Å². The summed E-state index contributed by atoms with van der Waals surface area (Å²) in [6.07, 6.45) is 4.92. The summed E-state index contributed by atoms with van der Waals surface area (Å²) in [4.78, 5) is 12.7. The molecular formula is C11H8ClN7. The number of hydrogen-bond acceptors (Lipinski definition) is 5. The van der Waals surface area contributed by atoms with E-state index in [1.54, 1.807) is 16.9 Å². The van der Waals surface area contributed by atoms with E-state index in [0.29, 0.717) is 10.9 Å². The average molecular weight is 274 g/mol. The number of aromatic nitrogens is 7. The Morgan fingerprint density at radius 2 is 2.05 bits per heavy atom. The van der Waals surface area contributed by atoms with E-state index in [9.17, 15) is 0 Å². The van der Waals surface area contributed by atoms with Crippen molar-refractivity contribution in [3.05, 3.63) is 23.9 Å². The van der Waals surface area contributed by atoms with Crippen molar-refractivity contribution in [1.29, 1.82) is 0 Å². The standard InChI is InChI=1S/C11H8ClN7/c1-2-18-10-7(4-15-18)8-6(3-13-10)9(12)17-11-14-5-16-19(8)11/h3-5H,2H2,1H3. The van der Waals surface area contributed by atoms with Crippen LogP contribution in [-0.2, 0) is 6.54 Å². The first-order chi connectivity index (χ1) is 9.29. The van der Waals surface area contributed by atoms with Gasteiger partial charge in [0.05, 0.1) is 22.5 Å². The number of nitrogens with zero attached hydrogens (tertiary/aromatic N) is 7. The zero-order valence-electron chi connectivity index (χ0n) is 9.95. The number of rotatable bonds is 1. The molecule has 0 amide bonds. The van der Waals surface area contributed by atoms with Gasteiger partial charge in [0, 0.05) is 12.7 Å². The molecule has 0 saturated heterocycles. The minimum Gasteiger partial charge on any atom is -0.248 e. The molecule has 0 aliphatic carbocycles. The maximum absolute atomic E-state index is 6.17. The van der Waals surface area contributed by atoms with Crippen molar-refractivity contribution in [3.63, 3.8) is 0 Å². The molecule has 0 radical (unpaired) electrons. The number of hydrogen-bond donors (Lipinski definition) is 0. The number of pyridine rings is 1. The van der Waals surface area contributed by atoms with E-state index in [2.05, 4.69) is 25.1 Å². The van der Waals surface area contributed by atoms with Crippen LogP contribution in [0, 0.1) is 0 Å². The highest BCUT2D eigenvalue weighted by atomic mass is 35.5. The summed E-state index contributed by atoms with van der Waals surface area (Å²) < 4.78 is 3.48. The van der Waals surface area contributed by atoms with Crippen LogP contribution in [0.25, 0.3) is 27.7 Å². The maximum atomic E-state index is 6.17. The minimum absolute atomic E-state index is 0.370. The molecule has 0 unspecified atom stereocenters. The molecule has 0 N–H and O–H groups in total. The van der Waals surface area contributed by atoms with Gasteiger partial charge in [-0.3, -0.25) is 0 Å². The molecule has 0 atom stereocenters. The van der Waals surface area contributed by atoms with Gasteiger partial charge < -0.3 is 0 Å². The monoisotopic (exact) mass is 273 g/mol. The predicted molar refractivity (Wildman–Crippen MR) is 70.1 cm³/mol. The lowest BCUT2D eigenvalue weighted by Gasteiger charge is -2.04. The molecule has 4 rings (SSSR count). The maximum Gasteiger partial charge on any atom is 0.254 e. The van der Waals surface area contributed by atoms with Gasteiger partial charge >= 0.3 is 0 Å². The molecule has 4 heterocycles. The lowest BCUT2D eigenvalue weighted by atomic mass is 10.2. The van der Waals surface area contributed by atoms with Crippen LogP contribution in [0.5, 0.6) is 0 Å². The van der Waals surface area contributed by atoms with E-state index >= 15 is 0 Å². The van der Waals surface area contributed by atoms with E-state index in [4.69, 9.17) is 11.6 Å². The number of aryl methyl sites for hydroxylation is 1. The highest BCUT2D eigenvalue weighted by molar-refractivity contribution is 6.35. The van der Waals surface area contributed by atoms with Crippen molar-refractivity contribution in [2.24, 2.45) is 0 Å². The summed E-state index contributed by atoms with van der Waals surface area (Å²) in [5.41, 5.74) is 1.63. The molecule has 4 aromatic rings. The average Bonchev–Trinajstić information content (AvgIpc) is 3.03. The third-order valence-electron chi connectivity index (χ3n) is 3.10. The van der Waals surface area contributed by atoms with Gasteiger partial charge in [-0.15, -0.1) is 0 Å². The molecule has 19 heavy (non-hydrogen) atoms. The van der Waals surface area contributed by atoms with Crippen molar-refractivity contribution in [1.82, 2.24) is 34.3 Å². The molecule has 0 aliphatic heterocycles. The summed E-state index contributed by atoms with van der Waals surface area (Å²) in [5.74, 6) is 0.467. The van der Waals surface area contributed by atoms with Crippen LogP contribution in [0.2, 0.25) is 5.15 Å². The molecule has 0 fully saturated rings. The Balaban J connectivity index is 2.33. The first-order valence-electron chi connectivity index (χ1n) is 5.79. The van der Waals surface area contributed by atoms with Crippen molar-refractivity contribution < 1.29 is 0 Å². The van der Waals surface area contributed by atoms with Crippen LogP contribution in [-0.4, -0.2) is 34.3 Å². The Morgan fingerprint density at radius 1 is 1.16 bits per heavy atom. The summed E-state index contributed by atoms with van der Waals surface area (Å²) in [5, 5.41) is 10.5. The molecule has 4 aromatic heterocycles. The largest absolute Gasteiger partial charge is 0.254 e. The topological polar surface area (TPSA) is 73.8 Å². The lowest BCUT2D eigenvalue weighted by molar-refractivity contribution is 0.677. The summed E-state index contributed by atoms with van der Waals surface area (Å²) in [7, 11) is 0. The van der Waals surface area contributed by atoms with Gasteiger partial charge in [0.2, 0.25) is 0 Å². The van der Waals surface area contributed by atoms with E-state index in [0.717, 1.165) is 28.5 Å². The predicted octanol–water partition coefficient (Wildman–Crippen LogP) is 1.70. The smallest absolute Gasteiger partial charge is 0.248 e. The van der Waals surface area contributed by atoms with Crippen LogP contribution in [0.3, 0.4) is 0 Å². The van der Waals surface area contributed by atoms with Crippen molar-refractivity contribution >= 4 is 39.3 Å². The Kier molecular flexibility index (Phi) is 2.02. The Morgan fingerprint density at radius 3 is 2.89 bits per heavy atom. The molecule has 0 bridgehead atoms. The molecule has 0 spiro atoms. The third kappa shape index (κ3) is 1.30. The van der Waals surface area contributed by atoms with Crippen LogP contribution >= 0.6 is 11.6 Å². The molecule has 0 aromatic carbocycles. The van der Waals surface area contributed by atoms with Gasteiger partial charge in [-0.2, -0.15) is 24.7 Å².